The molecule has 0 spiro atoms. The molecule has 1 aromatic carbocycles. The number of rotatable bonds is 9. The fraction of sp³-hybridized carbons (Fsp3) is 0.417. The van der Waals surface area contributed by atoms with E-state index in [2.05, 4.69) is 26.8 Å². The van der Waals surface area contributed by atoms with Gasteiger partial charge in [-0.25, -0.2) is 4.79 Å². The van der Waals surface area contributed by atoms with Crippen LogP contribution in [0.3, 0.4) is 0 Å². The molecule has 0 atom stereocenters. The second-order valence-corrected chi connectivity index (χ2v) is 7.65. The van der Waals surface area contributed by atoms with Crippen LogP contribution in [0.25, 0.3) is 11.0 Å². The quantitative estimate of drug-likeness (QED) is 0.303. The van der Waals surface area contributed by atoms with Gasteiger partial charge in [0.15, 0.2) is 5.75 Å². The van der Waals surface area contributed by atoms with Gasteiger partial charge in [-0.05, 0) is 65.7 Å². The number of benzene rings is 1. The number of allylic oxidation sites excluding steroid dienone is 3. The maximum atomic E-state index is 12.4. The van der Waals surface area contributed by atoms with Gasteiger partial charge in [0.05, 0.1) is 11.5 Å². The van der Waals surface area contributed by atoms with Gasteiger partial charge in [-0.3, -0.25) is 4.79 Å². The van der Waals surface area contributed by atoms with Gasteiger partial charge in [-0.2, -0.15) is 0 Å². The van der Waals surface area contributed by atoms with E-state index in [1.807, 2.05) is 6.08 Å². The predicted octanol–water partition coefficient (Wildman–Crippen LogP) is 5.58. The van der Waals surface area contributed by atoms with Gasteiger partial charge in [-0.1, -0.05) is 17.2 Å². The standard InChI is InChI=1S/C24H30O6/c1-15(2)8-7-9-17(5)12-13-27-19-10-11-20-21(14-19)30-24(26)23(28-16(3)4)22(20)29-18(6)25/h8,10-12,14,16H,7,9,13H2,1-6H3. The Labute approximate surface area is 177 Å². The second-order valence-electron chi connectivity index (χ2n) is 7.65. The molecular formula is C24H30O6. The van der Waals surface area contributed by atoms with Crippen LogP contribution < -0.4 is 19.8 Å². The molecule has 0 radical (unpaired) electrons. The van der Waals surface area contributed by atoms with Crippen molar-refractivity contribution in [3.8, 4) is 17.2 Å². The molecule has 30 heavy (non-hydrogen) atoms. The molecule has 0 aliphatic carbocycles. The van der Waals surface area contributed by atoms with Crippen molar-refractivity contribution in [1.82, 2.24) is 0 Å². The SMILES string of the molecule is CC(=O)Oc1c(OC(C)C)c(=O)oc2cc(OCC=C(C)CCC=C(C)C)ccc12. The van der Waals surface area contributed by atoms with Crippen molar-refractivity contribution in [2.24, 2.45) is 0 Å². The van der Waals surface area contributed by atoms with E-state index in [1.54, 1.807) is 32.0 Å². The average Bonchev–Trinajstić information content (AvgIpc) is 2.63. The minimum Gasteiger partial charge on any atom is -0.489 e. The van der Waals surface area contributed by atoms with E-state index in [9.17, 15) is 9.59 Å². The molecule has 0 fully saturated rings. The summed E-state index contributed by atoms with van der Waals surface area (Å²) in [5.74, 6) is -0.0600. The highest BCUT2D eigenvalue weighted by Crippen LogP contribution is 2.35. The van der Waals surface area contributed by atoms with Crippen LogP contribution in [-0.2, 0) is 4.79 Å². The maximum Gasteiger partial charge on any atom is 0.383 e. The molecule has 0 aliphatic rings. The molecule has 0 unspecified atom stereocenters. The van der Waals surface area contributed by atoms with Crippen molar-refractivity contribution in [3.05, 3.63) is 51.9 Å². The topological polar surface area (TPSA) is 75.0 Å². The molecule has 1 heterocycles. The van der Waals surface area contributed by atoms with Crippen LogP contribution in [0.1, 0.15) is 54.4 Å². The third-order valence-corrected chi connectivity index (χ3v) is 4.16. The van der Waals surface area contributed by atoms with Crippen LogP contribution in [0.4, 0.5) is 0 Å². The number of esters is 1. The van der Waals surface area contributed by atoms with Crippen LogP contribution >= 0.6 is 0 Å². The second kappa shape index (κ2) is 10.7. The van der Waals surface area contributed by atoms with Gasteiger partial charge in [-0.15, -0.1) is 0 Å². The van der Waals surface area contributed by atoms with Crippen molar-refractivity contribution in [2.75, 3.05) is 6.61 Å². The van der Waals surface area contributed by atoms with Crippen molar-refractivity contribution in [1.29, 1.82) is 0 Å². The molecule has 6 heteroatoms. The Morgan fingerprint density at radius 3 is 2.47 bits per heavy atom. The number of fused-ring (bicyclic) bond motifs is 1. The van der Waals surface area contributed by atoms with Gasteiger partial charge in [0.1, 0.15) is 17.9 Å². The number of carbonyl (C=O) groups excluding carboxylic acids is 1. The van der Waals surface area contributed by atoms with E-state index in [0.717, 1.165) is 12.8 Å². The molecule has 1 aromatic heterocycles. The molecule has 0 amide bonds. The third-order valence-electron chi connectivity index (χ3n) is 4.16. The predicted molar refractivity (Wildman–Crippen MR) is 117 cm³/mol. The van der Waals surface area contributed by atoms with Crippen molar-refractivity contribution in [2.45, 2.75) is 60.5 Å². The third kappa shape index (κ3) is 6.79. The summed E-state index contributed by atoms with van der Waals surface area (Å²) < 4.78 is 22.0. The van der Waals surface area contributed by atoms with Crippen LogP contribution in [0.2, 0.25) is 0 Å². The molecule has 0 N–H and O–H groups in total. The number of hydrogen-bond donors (Lipinski definition) is 0. The first kappa shape index (κ1) is 23.3. The monoisotopic (exact) mass is 414 g/mol. The molecule has 0 saturated carbocycles. The van der Waals surface area contributed by atoms with E-state index in [0.29, 0.717) is 17.7 Å². The summed E-state index contributed by atoms with van der Waals surface area (Å²) in [6, 6.07) is 5.03. The number of hydrogen-bond acceptors (Lipinski definition) is 6. The lowest BCUT2D eigenvalue weighted by Gasteiger charge is -2.14. The van der Waals surface area contributed by atoms with Crippen LogP contribution in [0, 0.1) is 0 Å². The number of carbonyl (C=O) groups is 1. The van der Waals surface area contributed by atoms with Gasteiger partial charge in [0.2, 0.25) is 5.75 Å². The highest BCUT2D eigenvalue weighted by Gasteiger charge is 2.20. The summed E-state index contributed by atoms with van der Waals surface area (Å²) in [6.45, 7) is 11.5. The summed E-state index contributed by atoms with van der Waals surface area (Å²) >= 11 is 0. The van der Waals surface area contributed by atoms with Gasteiger partial charge >= 0.3 is 11.6 Å². The molecule has 6 nitrogen and oxygen atoms in total. The normalized spacial score (nSPS) is 11.5. The fourth-order valence-corrected chi connectivity index (χ4v) is 2.78. The summed E-state index contributed by atoms with van der Waals surface area (Å²) in [7, 11) is 0. The summed E-state index contributed by atoms with van der Waals surface area (Å²) in [5.41, 5.74) is 2.10. The first-order valence-corrected chi connectivity index (χ1v) is 10.0. The molecule has 2 aromatic rings. The Morgan fingerprint density at radius 1 is 1.10 bits per heavy atom. The fourth-order valence-electron chi connectivity index (χ4n) is 2.78. The molecule has 0 bridgehead atoms. The summed E-state index contributed by atoms with van der Waals surface area (Å²) in [5, 5.41) is 0.459. The van der Waals surface area contributed by atoms with Crippen LogP contribution in [0.5, 0.6) is 17.2 Å². The van der Waals surface area contributed by atoms with E-state index < -0.39 is 11.6 Å². The van der Waals surface area contributed by atoms with Crippen molar-refractivity contribution < 1.29 is 23.4 Å². The highest BCUT2D eigenvalue weighted by molar-refractivity contribution is 5.89. The lowest BCUT2D eigenvalue weighted by Crippen LogP contribution is -2.16. The van der Waals surface area contributed by atoms with E-state index in [-0.39, 0.29) is 23.2 Å². The lowest BCUT2D eigenvalue weighted by molar-refractivity contribution is -0.131. The molecule has 2 rings (SSSR count). The first-order valence-electron chi connectivity index (χ1n) is 10.0. The summed E-state index contributed by atoms with van der Waals surface area (Å²) in [6.07, 6.45) is 5.94. The smallest absolute Gasteiger partial charge is 0.383 e. The minimum absolute atomic E-state index is 0.0593. The molecule has 0 saturated heterocycles. The Kier molecular flexibility index (Phi) is 8.27. The van der Waals surface area contributed by atoms with Gasteiger partial charge < -0.3 is 18.6 Å². The Hall–Kier alpha value is -3.02. The van der Waals surface area contributed by atoms with Crippen LogP contribution in [-0.4, -0.2) is 18.7 Å². The maximum absolute atomic E-state index is 12.4. The Bertz CT molecular complexity index is 1010. The largest absolute Gasteiger partial charge is 0.489 e. The van der Waals surface area contributed by atoms with Gasteiger partial charge in [0.25, 0.3) is 0 Å². The summed E-state index contributed by atoms with van der Waals surface area (Å²) in [4.78, 5) is 23.9. The molecule has 162 valence electrons. The highest BCUT2D eigenvalue weighted by atomic mass is 16.6. The van der Waals surface area contributed by atoms with E-state index >= 15 is 0 Å². The molecular weight excluding hydrogens is 384 g/mol. The van der Waals surface area contributed by atoms with Gasteiger partial charge in [0, 0.05) is 13.0 Å². The zero-order valence-corrected chi connectivity index (χ0v) is 18.5. The Morgan fingerprint density at radius 2 is 1.83 bits per heavy atom. The first-order chi connectivity index (χ1) is 14.2. The minimum atomic E-state index is -0.709. The number of ether oxygens (including phenoxy) is 3. The zero-order valence-electron chi connectivity index (χ0n) is 18.5. The van der Waals surface area contributed by atoms with Crippen LogP contribution in [0.15, 0.2) is 50.7 Å². The molecule has 0 aliphatic heterocycles. The zero-order chi connectivity index (χ0) is 22.3. The van der Waals surface area contributed by atoms with E-state index in [1.165, 1.54) is 18.1 Å². The van der Waals surface area contributed by atoms with E-state index in [4.69, 9.17) is 18.6 Å². The Balaban J connectivity index is 2.24. The average molecular weight is 414 g/mol. The van der Waals surface area contributed by atoms with Crippen molar-refractivity contribution in [3.63, 3.8) is 0 Å². The van der Waals surface area contributed by atoms with Crippen molar-refractivity contribution >= 4 is 16.9 Å². The lowest BCUT2D eigenvalue weighted by atomic mass is 10.1.